The lowest BCUT2D eigenvalue weighted by atomic mass is 9.68. The molecule has 0 saturated carbocycles. The zero-order chi connectivity index (χ0) is 33.8. The zero-order valence-corrected chi connectivity index (χ0v) is 28.9. The average Bonchev–Trinajstić information content (AvgIpc) is 3.73. The number of fused-ring (bicyclic) bond motifs is 6. The molecule has 0 radical (unpaired) electrons. The van der Waals surface area contributed by atoms with Gasteiger partial charge in [0.05, 0.1) is 11.5 Å². The normalized spacial score (nSPS) is 15.8. The van der Waals surface area contributed by atoms with Gasteiger partial charge in [-0.1, -0.05) is 164 Å². The third-order valence-electron chi connectivity index (χ3n) is 10.9. The molecule has 0 aliphatic heterocycles. The van der Waals surface area contributed by atoms with Crippen LogP contribution in [-0.2, 0) is 5.41 Å². The first-order chi connectivity index (χ1) is 25.3. The van der Waals surface area contributed by atoms with E-state index < -0.39 is 5.41 Å². The predicted octanol–water partition coefficient (Wildman–Crippen LogP) is 13.0. The molecule has 0 fully saturated rings. The molecule has 0 bridgehead atoms. The van der Waals surface area contributed by atoms with Crippen molar-refractivity contribution < 1.29 is 0 Å². The molecule has 0 N–H and O–H groups in total. The minimum atomic E-state index is -0.452. The van der Waals surface area contributed by atoms with Gasteiger partial charge in [0.1, 0.15) is 0 Å². The first-order valence-corrected chi connectivity index (χ1v) is 18.6. The summed E-state index contributed by atoms with van der Waals surface area (Å²) in [4.78, 5) is 2.61. The number of rotatable bonds is 6. The van der Waals surface area contributed by atoms with Crippen molar-refractivity contribution in [1.29, 1.82) is 0 Å². The summed E-state index contributed by atoms with van der Waals surface area (Å²) in [6.07, 6.45) is 8.06. The van der Waals surface area contributed by atoms with Crippen LogP contribution in [0.3, 0.4) is 0 Å². The Labute approximate surface area is 303 Å². The fourth-order valence-corrected chi connectivity index (χ4v) is 9.78. The molecule has 7 aromatic carbocycles. The summed E-state index contributed by atoms with van der Waals surface area (Å²) >= 11 is 1.88. The van der Waals surface area contributed by atoms with Gasteiger partial charge in [0, 0.05) is 37.1 Å². The van der Waals surface area contributed by atoms with Crippen molar-refractivity contribution in [2.75, 3.05) is 4.90 Å². The van der Waals surface area contributed by atoms with E-state index >= 15 is 0 Å². The van der Waals surface area contributed by atoms with E-state index in [9.17, 15) is 0 Å². The molecule has 2 aliphatic carbocycles. The van der Waals surface area contributed by atoms with E-state index in [1.807, 2.05) is 11.3 Å². The Morgan fingerprint density at radius 1 is 0.549 bits per heavy atom. The maximum atomic E-state index is 2.61. The van der Waals surface area contributed by atoms with Crippen molar-refractivity contribution in [2.24, 2.45) is 0 Å². The van der Waals surface area contributed by atoms with Crippen LogP contribution in [0.25, 0.3) is 36.9 Å². The summed E-state index contributed by atoms with van der Waals surface area (Å²) in [7, 11) is 0. The lowest BCUT2D eigenvalue weighted by Gasteiger charge is -2.36. The number of hydrogen-bond acceptors (Lipinski definition) is 2. The van der Waals surface area contributed by atoms with E-state index in [-0.39, 0.29) is 6.04 Å². The van der Waals surface area contributed by atoms with Crippen molar-refractivity contribution in [3.8, 4) is 11.1 Å². The largest absolute Gasteiger partial charge is 0.334 e. The lowest BCUT2D eigenvalue weighted by molar-refractivity contribution is 0.765. The van der Waals surface area contributed by atoms with E-state index in [0.717, 1.165) is 6.42 Å². The third kappa shape index (κ3) is 4.67. The Kier molecular flexibility index (Phi) is 7.11. The van der Waals surface area contributed by atoms with Crippen molar-refractivity contribution in [1.82, 2.24) is 0 Å². The summed E-state index contributed by atoms with van der Waals surface area (Å²) in [6.45, 7) is 0. The molecular weight excluding hydrogens is 635 g/mol. The fourth-order valence-electron chi connectivity index (χ4n) is 8.69. The standard InChI is InChI=1S/C49H35NS/c1-4-15-34(16-5-1)35-27-29-38(30-28-35)50(39-31-32-47-42(33-39)40-21-11-13-26-46(40)51-47)45-25-14-24-44-48(45)41-22-10-12-23-43(41)49(44,36-17-6-2-7-18-36)37-19-8-3-9-20-37/h1-29,31-33,38H,30H2. The van der Waals surface area contributed by atoms with E-state index in [1.54, 1.807) is 0 Å². The highest BCUT2D eigenvalue weighted by atomic mass is 32.1. The van der Waals surface area contributed by atoms with Crippen molar-refractivity contribution in [2.45, 2.75) is 17.9 Å². The summed E-state index contributed by atoms with van der Waals surface area (Å²) in [6, 6.07) is 65.1. The smallest absolute Gasteiger partial charge is 0.0714 e. The van der Waals surface area contributed by atoms with Crippen LogP contribution >= 0.6 is 11.3 Å². The Morgan fingerprint density at radius 3 is 1.94 bits per heavy atom. The van der Waals surface area contributed by atoms with Gasteiger partial charge < -0.3 is 4.90 Å². The molecule has 242 valence electrons. The summed E-state index contributed by atoms with van der Waals surface area (Å²) in [5, 5.41) is 2.63. The van der Waals surface area contributed by atoms with Gasteiger partial charge in [-0.05, 0) is 75.7 Å². The number of benzene rings is 7. The van der Waals surface area contributed by atoms with Gasteiger partial charge >= 0.3 is 0 Å². The van der Waals surface area contributed by atoms with Gasteiger partial charge in [0.15, 0.2) is 0 Å². The molecule has 1 unspecified atom stereocenters. The van der Waals surface area contributed by atoms with Crippen LogP contribution in [0.5, 0.6) is 0 Å². The Morgan fingerprint density at radius 2 is 1.20 bits per heavy atom. The Hall–Kier alpha value is -5.96. The van der Waals surface area contributed by atoms with Gasteiger partial charge in [-0.2, -0.15) is 0 Å². The molecule has 1 atom stereocenters. The minimum absolute atomic E-state index is 0.127. The first kappa shape index (κ1) is 29.9. The molecular formula is C49H35NS. The maximum absolute atomic E-state index is 2.61. The Bertz CT molecular complexity index is 2570. The average molecular weight is 670 g/mol. The molecule has 0 saturated heterocycles. The summed E-state index contributed by atoms with van der Waals surface area (Å²) < 4.78 is 2.65. The quantitative estimate of drug-likeness (QED) is 0.170. The van der Waals surface area contributed by atoms with Crippen LogP contribution in [0.1, 0.15) is 34.2 Å². The number of allylic oxidation sites excluding steroid dienone is 2. The van der Waals surface area contributed by atoms with Crippen LogP contribution in [0.4, 0.5) is 11.4 Å². The van der Waals surface area contributed by atoms with Gasteiger partial charge in [-0.3, -0.25) is 0 Å². The number of anilines is 2. The molecule has 1 aromatic heterocycles. The Balaban J connectivity index is 1.23. The second-order valence-corrected chi connectivity index (χ2v) is 14.6. The molecule has 2 aliphatic rings. The van der Waals surface area contributed by atoms with E-state index in [2.05, 4.69) is 199 Å². The molecule has 1 heterocycles. The third-order valence-corrected chi connectivity index (χ3v) is 12.0. The zero-order valence-electron chi connectivity index (χ0n) is 28.1. The van der Waals surface area contributed by atoms with Crippen LogP contribution < -0.4 is 4.90 Å². The minimum Gasteiger partial charge on any atom is -0.334 e. The SMILES string of the molecule is C1=CC(N(c2ccc3sc4ccccc4c3c2)c2cccc3c2-c2ccccc2C3(c2ccccc2)c2ccccc2)CC=C1c1ccccc1. The maximum Gasteiger partial charge on any atom is 0.0714 e. The molecule has 0 amide bonds. The van der Waals surface area contributed by atoms with Gasteiger partial charge in [0.2, 0.25) is 0 Å². The van der Waals surface area contributed by atoms with Crippen LogP contribution in [0.15, 0.2) is 194 Å². The lowest BCUT2D eigenvalue weighted by Crippen LogP contribution is -2.31. The highest BCUT2D eigenvalue weighted by Gasteiger charge is 2.47. The van der Waals surface area contributed by atoms with Gasteiger partial charge in [-0.15, -0.1) is 11.3 Å². The van der Waals surface area contributed by atoms with Crippen LogP contribution in [0, 0.1) is 0 Å². The highest BCUT2D eigenvalue weighted by Crippen LogP contribution is 2.59. The van der Waals surface area contributed by atoms with Crippen LogP contribution in [0.2, 0.25) is 0 Å². The second kappa shape index (κ2) is 12.1. The van der Waals surface area contributed by atoms with E-state index in [4.69, 9.17) is 0 Å². The topological polar surface area (TPSA) is 3.24 Å². The summed E-state index contributed by atoms with van der Waals surface area (Å²) in [5.41, 5.74) is 12.4. The predicted molar refractivity (Wildman–Crippen MR) is 217 cm³/mol. The monoisotopic (exact) mass is 669 g/mol. The molecule has 8 aromatic rings. The van der Waals surface area contributed by atoms with Crippen molar-refractivity contribution in [3.05, 3.63) is 222 Å². The molecule has 51 heavy (non-hydrogen) atoms. The van der Waals surface area contributed by atoms with Crippen molar-refractivity contribution >= 4 is 48.5 Å². The molecule has 1 nitrogen and oxygen atoms in total. The number of nitrogens with zero attached hydrogens (tertiary/aromatic N) is 1. The molecule has 0 spiro atoms. The van der Waals surface area contributed by atoms with Gasteiger partial charge in [-0.25, -0.2) is 0 Å². The van der Waals surface area contributed by atoms with Gasteiger partial charge in [0.25, 0.3) is 0 Å². The molecule has 2 heteroatoms. The fraction of sp³-hybridized carbons (Fsp3) is 0.0612. The van der Waals surface area contributed by atoms with E-state index in [1.165, 1.54) is 76.1 Å². The van der Waals surface area contributed by atoms with Crippen LogP contribution in [-0.4, -0.2) is 6.04 Å². The molecule has 10 rings (SSSR count). The van der Waals surface area contributed by atoms with E-state index in [0.29, 0.717) is 0 Å². The highest BCUT2D eigenvalue weighted by molar-refractivity contribution is 7.25. The number of hydrogen-bond donors (Lipinski definition) is 0. The van der Waals surface area contributed by atoms with Crippen molar-refractivity contribution in [3.63, 3.8) is 0 Å². The number of thiophene rings is 1. The summed E-state index contributed by atoms with van der Waals surface area (Å²) in [5.74, 6) is 0. The second-order valence-electron chi connectivity index (χ2n) is 13.6. The first-order valence-electron chi connectivity index (χ1n) is 17.8.